The third-order valence-electron chi connectivity index (χ3n) is 6.63. The van der Waals surface area contributed by atoms with Gasteiger partial charge >= 0.3 is 0 Å². The lowest BCUT2D eigenvalue weighted by atomic mass is 10.1. The van der Waals surface area contributed by atoms with E-state index in [1.165, 1.54) is 17.8 Å². The zero-order valence-electron chi connectivity index (χ0n) is 24.0. The maximum absolute atomic E-state index is 13.5. The van der Waals surface area contributed by atoms with Crippen LogP contribution in [0.3, 0.4) is 0 Å². The van der Waals surface area contributed by atoms with Crippen molar-refractivity contribution in [3.63, 3.8) is 0 Å². The smallest absolute Gasteiger partial charge is 0.272 e. The molecule has 0 fully saturated rings. The summed E-state index contributed by atoms with van der Waals surface area (Å²) in [6.45, 7) is 0. The molecule has 0 aliphatic rings. The van der Waals surface area contributed by atoms with Gasteiger partial charge in [-0.2, -0.15) is 0 Å². The molecule has 0 saturated heterocycles. The van der Waals surface area contributed by atoms with Gasteiger partial charge in [0.2, 0.25) is 5.91 Å². The summed E-state index contributed by atoms with van der Waals surface area (Å²) in [6.07, 6.45) is 1.53. The summed E-state index contributed by atoms with van der Waals surface area (Å²) < 4.78 is 0. The van der Waals surface area contributed by atoms with Crippen molar-refractivity contribution in [1.29, 1.82) is 0 Å². The van der Waals surface area contributed by atoms with Gasteiger partial charge in [0.05, 0.1) is 10.7 Å². The summed E-state index contributed by atoms with van der Waals surface area (Å²) >= 11 is 20.1. The minimum absolute atomic E-state index is 0.0147. The summed E-state index contributed by atoms with van der Waals surface area (Å²) in [4.78, 5) is 40.7. The highest BCUT2D eigenvalue weighted by Crippen LogP contribution is 2.37. The molecule has 10 heteroatoms. The lowest BCUT2D eigenvalue weighted by Crippen LogP contribution is -2.30. The predicted octanol–water partition coefficient (Wildman–Crippen LogP) is 9.53. The van der Waals surface area contributed by atoms with Gasteiger partial charge in [-0.1, -0.05) is 102 Å². The second-order valence-corrected chi connectivity index (χ2v) is 12.3. The number of halogens is 3. The number of nitrogens with one attached hydrogen (secondary N) is 3. The Morgan fingerprint density at radius 1 is 0.674 bits per heavy atom. The SMILES string of the molecule is O=C(Nc1ccc(SC(C(=O)Nc2cc(Cl)ccc2Cl)c2ccccc2)cc1)/C(=C/c1ccccc1Cl)NC(=O)c1ccccc1. The number of amides is 3. The summed E-state index contributed by atoms with van der Waals surface area (Å²) in [6, 6.07) is 36.9. The number of anilines is 2. The summed E-state index contributed by atoms with van der Waals surface area (Å²) in [5.41, 5.74) is 2.68. The molecule has 3 amide bonds. The van der Waals surface area contributed by atoms with Gasteiger partial charge < -0.3 is 16.0 Å². The van der Waals surface area contributed by atoms with E-state index >= 15 is 0 Å². The Bertz CT molecular complexity index is 1890. The van der Waals surface area contributed by atoms with Crippen LogP contribution in [-0.2, 0) is 9.59 Å². The van der Waals surface area contributed by atoms with Crippen LogP contribution < -0.4 is 16.0 Å². The highest BCUT2D eigenvalue weighted by Gasteiger charge is 2.23. The van der Waals surface area contributed by atoms with Crippen LogP contribution in [0, 0.1) is 0 Å². The monoisotopic (exact) mass is 685 g/mol. The van der Waals surface area contributed by atoms with Crippen molar-refractivity contribution in [1.82, 2.24) is 5.32 Å². The van der Waals surface area contributed by atoms with Gasteiger partial charge in [-0.05, 0) is 77.9 Å². The molecule has 5 aromatic carbocycles. The Kier molecular flexibility index (Phi) is 11.2. The fourth-order valence-corrected chi connectivity index (χ4v) is 5.89. The van der Waals surface area contributed by atoms with E-state index in [9.17, 15) is 14.4 Å². The maximum atomic E-state index is 13.5. The van der Waals surface area contributed by atoms with Crippen LogP contribution in [0.1, 0.15) is 26.7 Å². The van der Waals surface area contributed by atoms with Crippen molar-refractivity contribution >= 4 is 81.7 Å². The van der Waals surface area contributed by atoms with Gasteiger partial charge in [0.25, 0.3) is 11.8 Å². The molecule has 1 unspecified atom stereocenters. The summed E-state index contributed by atoms with van der Waals surface area (Å²) in [7, 11) is 0. The molecule has 5 rings (SSSR count). The second-order valence-electron chi connectivity index (χ2n) is 9.90. The lowest BCUT2D eigenvalue weighted by molar-refractivity contribution is -0.116. The largest absolute Gasteiger partial charge is 0.323 e. The van der Waals surface area contributed by atoms with Crippen molar-refractivity contribution in [2.24, 2.45) is 0 Å². The fraction of sp³-hybridized carbons (Fsp3) is 0.0278. The predicted molar refractivity (Wildman–Crippen MR) is 189 cm³/mol. The molecule has 3 N–H and O–H groups in total. The van der Waals surface area contributed by atoms with Gasteiger partial charge in [-0.15, -0.1) is 11.8 Å². The third-order valence-corrected chi connectivity index (χ3v) is 8.80. The third kappa shape index (κ3) is 8.80. The van der Waals surface area contributed by atoms with Gasteiger partial charge in [0, 0.05) is 26.2 Å². The molecule has 0 bridgehead atoms. The molecule has 0 aliphatic heterocycles. The van der Waals surface area contributed by atoms with E-state index in [0.717, 1.165) is 10.5 Å². The van der Waals surface area contributed by atoms with Crippen molar-refractivity contribution in [2.75, 3.05) is 10.6 Å². The number of thioether (sulfide) groups is 1. The number of carbonyl (C=O) groups is 3. The van der Waals surface area contributed by atoms with Crippen molar-refractivity contribution in [3.8, 4) is 0 Å². The minimum Gasteiger partial charge on any atom is -0.323 e. The first kappa shape index (κ1) is 32.9. The number of benzene rings is 5. The fourth-order valence-electron chi connectivity index (χ4n) is 4.33. The first-order valence-corrected chi connectivity index (χ1v) is 16.0. The van der Waals surface area contributed by atoms with Crippen LogP contribution >= 0.6 is 46.6 Å². The second kappa shape index (κ2) is 15.7. The van der Waals surface area contributed by atoms with Gasteiger partial charge in [0.1, 0.15) is 10.9 Å². The van der Waals surface area contributed by atoms with Crippen LogP contribution in [0.15, 0.2) is 138 Å². The van der Waals surface area contributed by atoms with Gasteiger partial charge in [0.15, 0.2) is 0 Å². The van der Waals surface area contributed by atoms with Crippen molar-refractivity contribution < 1.29 is 14.4 Å². The molecular formula is C36H26Cl3N3O3S. The van der Waals surface area contributed by atoms with E-state index in [4.69, 9.17) is 34.8 Å². The molecular weight excluding hydrogens is 661 g/mol. The first-order valence-electron chi connectivity index (χ1n) is 14.0. The topological polar surface area (TPSA) is 87.3 Å². The molecule has 230 valence electrons. The summed E-state index contributed by atoms with van der Waals surface area (Å²) in [5.74, 6) is -1.25. The zero-order valence-corrected chi connectivity index (χ0v) is 27.1. The van der Waals surface area contributed by atoms with Gasteiger partial charge in [-0.25, -0.2) is 0 Å². The molecule has 0 heterocycles. The first-order chi connectivity index (χ1) is 22.3. The van der Waals surface area contributed by atoms with Crippen LogP contribution in [0.4, 0.5) is 11.4 Å². The molecule has 6 nitrogen and oxygen atoms in total. The quantitative estimate of drug-likeness (QED) is 0.101. The van der Waals surface area contributed by atoms with Gasteiger partial charge in [-0.3, -0.25) is 14.4 Å². The molecule has 0 aromatic heterocycles. The molecule has 1 atom stereocenters. The Hall–Kier alpha value is -4.53. The van der Waals surface area contributed by atoms with Crippen LogP contribution in [-0.4, -0.2) is 17.7 Å². The van der Waals surface area contributed by atoms with E-state index in [2.05, 4.69) is 16.0 Å². The van der Waals surface area contributed by atoms with Crippen molar-refractivity contribution in [2.45, 2.75) is 10.1 Å². The van der Waals surface area contributed by atoms with E-state index in [1.807, 2.05) is 30.3 Å². The highest BCUT2D eigenvalue weighted by molar-refractivity contribution is 8.00. The minimum atomic E-state index is -0.616. The van der Waals surface area contributed by atoms with Crippen molar-refractivity contribution in [3.05, 3.63) is 165 Å². The van der Waals surface area contributed by atoms with E-state index in [-0.39, 0.29) is 11.6 Å². The molecule has 0 radical (unpaired) electrons. The van der Waals surface area contributed by atoms with E-state index < -0.39 is 17.1 Å². The molecule has 46 heavy (non-hydrogen) atoms. The Morgan fingerprint density at radius 3 is 2.02 bits per heavy atom. The van der Waals surface area contributed by atoms with E-state index in [0.29, 0.717) is 37.6 Å². The Balaban J connectivity index is 1.34. The molecule has 0 aliphatic carbocycles. The molecule has 5 aromatic rings. The van der Waals surface area contributed by atoms with Crippen LogP contribution in [0.5, 0.6) is 0 Å². The average Bonchev–Trinajstić information content (AvgIpc) is 3.07. The number of rotatable bonds is 10. The van der Waals surface area contributed by atoms with Crippen LogP contribution in [0.25, 0.3) is 6.08 Å². The van der Waals surface area contributed by atoms with E-state index in [1.54, 1.807) is 97.1 Å². The Labute approximate surface area is 285 Å². The maximum Gasteiger partial charge on any atom is 0.272 e. The standard InChI is InChI=1S/C36H26Cl3N3O3S/c37-26-15-20-30(39)31(22-26)41-36(45)33(23-9-3-1-4-10-23)46-28-18-16-27(17-19-28)40-35(44)32(21-25-13-7-8-14-29(25)38)42-34(43)24-11-5-2-6-12-24/h1-22,33H,(H,40,44)(H,41,45)(H,42,43)/b32-21-. The number of hydrogen-bond acceptors (Lipinski definition) is 4. The molecule has 0 saturated carbocycles. The zero-order chi connectivity index (χ0) is 32.5. The normalized spacial score (nSPS) is 11.8. The average molecular weight is 687 g/mol. The highest BCUT2D eigenvalue weighted by atomic mass is 35.5. The number of hydrogen-bond donors (Lipinski definition) is 3. The number of carbonyl (C=O) groups excluding carboxylic acids is 3. The van der Waals surface area contributed by atoms with Crippen LogP contribution in [0.2, 0.25) is 15.1 Å². The Morgan fingerprint density at radius 2 is 1.33 bits per heavy atom. The summed E-state index contributed by atoms with van der Waals surface area (Å²) in [5, 5.41) is 9.07. The lowest BCUT2D eigenvalue weighted by Gasteiger charge is -2.18. The molecule has 0 spiro atoms.